The van der Waals surface area contributed by atoms with Crippen LogP contribution in [-0.2, 0) is 6.42 Å². The number of hydrogen-bond donors (Lipinski definition) is 2. The van der Waals surface area contributed by atoms with Gasteiger partial charge in [-0.05, 0) is 96.6 Å². The van der Waals surface area contributed by atoms with Crippen molar-refractivity contribution in [2.24, 2.45) is 0 Å². The number of fused-ring (bicyclic) bond motifs is 6. The number of hydrogen-bond acceptors (Lipinski definition) is 7. The van der Waals surface area contributed by atoms with Gasteiger partial charge in [0.2, 0.25) is 0 Å². The van der Waals surface area contributed by atoms with E-state index in [4.69, 9.17) is 34.7 Å². The Bertz CT molecular complexity index is 3720. The summed E-state index contributed by atoms with van der Waals surface area (Å²) < 4.78 is 6.09. The van der Waals surface area contributed by atoms with Gasteiger partial charge in [0, 0.05) is 44.8 Å². The smallest absolute Gasteiger partial charge is 0.167 e. The maximum atomic E-state index is 6.09. The molecule has 1 atom stereocenters. The summed E-state index contributed by atoms with van der Waals surface area (Å²) in [6.45, 7) is 0. The maximum Gasteiger partial charge on any atom is 0.167 e. The molecule has 1 aliphatic rings. The highest BCUT2D eigenvalue weighted by atomic mass is 16.5. The van der Waals surface area contributed by atoms with E-state index in [1.54, 1.807) is 0 Å². The van der Waals surface area contributed by atoms with Crippen LogP contribution in [0.2, 0.25) is 0 Å². The van der Waals surface area contributed by atoms with E-state index in [-0.39, 0.29) is 5.92 Å². The van der Waals surface area contributed by atoms with Gasteiger partial charge in [-0.1, -0.05) is 102 Å². The van der Waals surface area contributed by atoms with Crippen LogP contribution in [0.5, 0.6) is 0 Å². The van der Waals surface area contributed by atoms with Crippen molar-refractivity contribution in [3.05, 3.63) is 181 Å². The second kappa shape index (κ2) is 14.1. The fourth-order valence-electron chi connectivity index (χ4n) is 9.95. The summed E-state index contributed by atoms with van der Waals surface area (Å²) in [7, 11) is 0. The van der Waals surface area contributed by atoms with Crippen molar-refractivity contribution in [3.8, 4) is 56.7 Å². The number of para-hydroxylation sites is 5. The Morgan fingerprint density at radius 2 is 1.33 bits per heavy atom. The van der Waals surface area contributed by atoms with Gasteiger partial charge in [-0.15, -0.1) is 0 Å². The molecule has 6 aromatic heterocycles. The third kappa shape index (κ3) is 5.63. The lowest BCUT2D eigenvalue weighted by atomic mass is 9.74. The van der Waals surface area contributed by atoms with Crippen LogP contribution in [0.4, 0.5) is 0 Å². The molecular formula is C54H36N8O. The third-order valence-corrected chi connectivity index (χ3v) is 12.8. The Morgan fingerprint density at radius 3 is 2.24 bits per heavy atom. The van der Waals surface area contributed by atoms with Gasteiger partial charge in [0.25, 0.3) is 0 Å². The predicted molar refractivity (Wildman–Crippen MR) is 250 cm³/mol. The molecule has 9 nitrogen and oxygen atoms in total. The SMILES string of the molecule is c1ccc(-c2c(C3CCCc4ccccc43)cc3c(-c4ccc5ccccc5n4)nc(-c4noc5ccccc45)c(-c4nc5ccccc5[nH]4)c3c2-c2n[nH]c3ccccc23)nc1. The molecule has 0 saturated heterocycles. The van der Waals surface area contributed by atoms with E-state index in [0.29, 0.717) is 22.8 Å². The van der Waals surface area contributed by atoms with E-state index in [0.717, 1.165) is 113 Å². The van der Waals surface area contributed by atoms with Crippen LogP contribution in [0.25, 0.3) is 111 Å². The monoisotopic (exact) mass is 812 g/mol. The van der Waals surface area contributed by atoms with Gasteiger partial charge in [-0.2, -0.15) is 5.10 Å². The summed E-state index contributed by atoms with van der Waals surface area (Å²) in [6.07, 6.45) is 4.95. The molecule has 0 fully saturated rings. The zero-order valence-electron chi connectivity index (χ0n) is 33.9. The Balaban J connectivity index is 1.30. The summed E-state index contributed by atoms with van der Waals surface area (Å²) in [5.41, 5.74) is 15.1. The molecule has 0 amide bonds. The molecule has 9 heteroatoms. The van der Waals surface area contributed by atoms with E-state index in [2.05, 4.69) is 101 Å². The van der Waals surface area contributed by atoms with Crippen LogP contribution < -0.4 is 0 Å². The molecule has 298 valence electrons. The van der Waals surface area contributed by atoms with Crippen molar-refractivity contribution in [1.82, 2.24) is 40.3 Å². The Kier molecular flexibility index (Phi) is 7.96. The Labute approximate surface area is 360 Å². The molecule has 0 bridgehead atoms. The van der Waals surface area contributed by atoms with Crippen LogP contribution in [0.1, 0.15) is 35.4 Å². The molecule has 0 aliphatic heterocycles. The van der Waals surface area contributed by atoms with Crippen LogP contribution in [0.3, 0.4) is 0 Å². The molecule has 13 rings (SSSR count). The average Bonchev–Trinajstić information content (AvgIpc) is 4.10. The van der Waals surface area contributed by atoms with Crippen LogP contribution >= 0.6 is 0 Å². The molecule has 12 aromatic rings. The van der Waals surface area contributed by atoms with E-state index < -0.39 is 0 Å². The highest BCUT2D eigenvalue weighted by Gasteiger charge is 2.34. The minimum absolute atomic E-state index is 0.0616. The molecule has 0 radical (unpaired) electrons. The maximum absolute atomic E-state index is 6.09. The molecule has 2 N–H and O–H groups in total. The lowest BCUT2D eigenvalue weighted by Gasteiger charge is -2.30. The normalized spacial score (nSPS) is 14.0. The molecule has 63 heavy (non-hydrogen) atoms. The van der Waals surface area contributed by atoms with Crippen LogP contribution in [-0.4, -0.2) is 40.3 Å². The quantitative estimate of drug-likeness (QED) is 0.171. The molecule has 1 aliphatic carbocycles. The van der Waals surface area contributed by atoms with Gasteiger partial charge in [-0.25, -0.2) is 15.0 Å². The largest absolute Gasteiger partial charge is 0.356 e. The van der Waals surface area contributed by atoms with Gasteiger partial charge in [-0.3, -0.25) is 10.1 Å². The summed E-state index contributed by atoms with van der Waals surface area (Å²) in [6, 6.07) is 54.3. The molecule has 6 heterocycles. The number of H-pyrrole nitrogens is 2. The number of nitrogens with one attached hydrogen (secondary N) is 2. The number of rotatable bonds is 6. The lowest BCUT2D eigenvalue weighted by molar-refractivity contribution is 0.459. The van der Waals surface area contributed by atoms with Gasteiger partial charge >= 0.3 is 0 Å². The molecular weight excluding hydrogens is 777 g/mol. The number of benzene rings is 6. The lowest BCUT2D eigenvalue weighted by Crippen LogP contribution is -2.13. The van der Waals surface area contributed by atoms with Crippen LogP contribution in [0, 0.1) is 0 Å². The summed E-state index contributed by atoms with van der Waals surface area (Å²) >= 11 is 0. The number of imidazole rings is 1. The van der Waals surface area contributed by atoms with Crippen molar-refractivity contribution >= 4 is 54.6 Å². The standard InChI is InChI=1S/C54H36N8O/c1-3-17-33-31(14-1)16-13-20-34(33)37-30-38-47(48(46(37)43-25-11-12-29-55-43)51-35-18-4-7-22-40(35)60-61-51)49(54-57-41-23-8-9-24-42(41)58-54)53(52-36-19-5-10-26-45(36)63-62-52)59-50(38)44-28-27-32-15-2-6-21-39(32)56-44/h1-12,14-15,17-19,21-30,34H,13,16,20H2,(H,57,58)(H,60,61). The first-order valence-corrected chi connectivity index (χ1v) is 21.4. The first-order chi connectivity index (χ1) is 31.2. The van der Waals surface area contributed by atoms with Gasteiger partial charge in [0.15, 0.2) is 5.58 Å². The highest BCUT2D eigenvalue weighted by molar-refractivity contribution is 6.20. The van der Waals surface area contributed by atoms with Gasteiger partial charge in [0.05, 0.1) is 50.1 Å². The van der Waals surface area contributed by atoms with Crippen molar-refractivity contribution in [3.63, 3.8) is 0 Å². The minimum atomic E-state index is 0.0616. The topological polar surface area (TPSA) is 122 Å². The first-order valence-electron chi connectivity index (χ1n) is 21.4. The zero-order chi connectivity index (χ0) is 41.4. The average molecular weight is 813 g/mol. The van der Waals surface area contributed by atoms with E-state index in [1.165, 1.54) is 11.1 Å². The van der Waals surface area contributed by atoms with Gasteiger partial charge < -0.3 is 9.51 Å². The Morgan fingerprint density at radius 1 is 0.540 bits per heavy atom. The van der Waals surface area contributed by atoms with Crippen LogP contribution in [0.15, 0.2) is 168 Å². The molecule has 0 saturated carbocycles. The zero-order valence-corrected chi connectivity index (χ0v) is 33.9. The number of aromatic nitrogens is 8. The Hall–Kier alpha value is -8.30. The van der Waals surface area contributed by atoms with Crippen molar-refractivity contribution in [2.45, 2.75) is 25.2 Å². The van der Waals surface area contributed by atoms with E-state index in [1.807, 2.05) is 72.9 Å². The second-order valence-electron chi connectivity index (χ2n) is 16.3. The number of aromatic amines is 2. The fourth-order valence-corrected chi connectivity index (χ4v) is 9.95. The second-order valence-corrected chi connectivity index (χ2v) is 16.3. The highest BCUT2D eigenvalue weighted by Crippen LogP contribution is 2.53. The van der Waals surface area contributed by atoms with Crippen molar-refractivity contribution in [2.75, 3.05) is 0 Å². The minimum Gasteiger partial charge on any atom is -0.356 e. The van der Waals surface area contributed by atoms with Crippen molar-refractivity contribution < 1.29 is 4.52 Å². The summed E-state index contributed by atoms with van der Waals surface area (Å²) in [5.74, 6) is 0.712. The molecule has 1 unspecified atom stereocenters. The van der Waals surface area contributed by atoms with Crippen molar-refractivity contribution in [1.29, 1.82) is 0 Å². The van der Waals surface area contributed by atoms with Gasteiger partial charge in [0.1, 0.15) is 22.9 Å². The molecule has 6 aromatic carbocycles. The number of pyridine rings is 3. The van der Waals surface area contributed by atoms with E-state index in [9.17, 15) is 0 Å². The van der Waals surface area contributed by atoms with E-state index >= 15 is 0 Å². The third-order valence-electron chi connectivity index (χ3n) is 12.8. The first kappa shape index (κ1) is 35.5. The molecule has 0 spiro atoms. The number of nitrogens with zero attached hydrogens (tertiary/aromatic N) is 6. The predicted octanol–water partition coefficient (Wildman–Crippen LogP) is 12.9. The fraction of sp³-hybridized carbons (Fsp3) is 0.0741. The number of aryl methyl sites for hydroxylation is 1. The summed E-state index contributed by atoms with van der Waals surface area (Å²) in [5, 5.41) is 18.2. The summed E-state index contributed by atoms with van der Waals surface area (Å²) in [4.78, 5) is 25.3.